The van der Waals surface area contributed by atoms with Crippen molar-refractivity contribution in [3.05, 3.63) is 16.1 Å². The van der Waals surface area contributed by atoms with Gasteiger partial charge in [0.2, 0.25) is 0 Å². The summed E-state index contributed by atoms with van der Waals surface area (Å²) in [7, 11) is 0. The Labute approximate surface area is 138 Å². The average molecular weight is 323 g/mol. The summed E-state index contributed by atoms with van der Waals surface area (Å²) in [6.07, 6.45) is 7.56. The molecule has 124 valence electrons. The Morgan fingerprint density at radius 1 is 1.36 bits per heavy atom. The third-order valence-electron chi connectivity index (χ3n) is 4.35. The number of rotatable bonds is 6. The molecular formula is C17H30N4S. The van der Waals surface area contributed by atoms with Crippen LogP contribution in [0, 0.1) is 5.92 Å². The molecule has 2 atom stereocenters. The zero-order valence-electron chi connectivity index (χ0n) is 14.2. The van der Waals surface area contributed by atoms with Crippen LogP contribution in [0.1, 0.15) is 63.6 Å². The number of guanidine groups is 1. The normalized spacial score (nSPS) is 22.6. The van der Waals surface area contributed by atoms with E-state index in [0.717, 1.165) is 30.5 Å². The fourth-order valence-electron chi connectivity index (χ4n) is 3.05. The van der Waals surface area contributed by atoms with E-state index in [9.17, 15) is 0 Å². The molecule has 1 saturated carbocycles. The monoisotopic (exact) mass is 322 g/mol. The second-order valence-electron chi connectivity index (χ2n) is 6.06. The zero-order valence-corrected chi connectivity index (χ0v) is 15.0. The molecule has 0 saturated heterocycles. The number of aromatic nitrogens is 1. The van der Waals surface area contributed by atoms with E-state index in [1.54, 1.807) is 11.3 Å². The van der Waals surface area contributed by atoms with E-state index in [1.165, 1.54) is 37.1 Å². The van der Waals surface area contributed by atoms with E-state index in [2.05, 4.69) is 41.8 Å². The minimum absolute atomic E-state index is 0.568. The number of aliphatic imine (C=N–C) groups is 1. The Hall–Kier alpha value is -1.10. The van der Waals surface area contributed by atoms with Crippen LogP contribution in [0.5, 0.6) is 0 Å². The van der Waals surface area contributed by atoms with Crippen molar-refractivity contribution >= 4 is 17.3 Å². The highest BCUT2D eigenvalue weighted by molar-refractivity contribution is 7.09. The van der Waals surface area contributed by atoms with Gasteiger partial charge < -0.3 is 10.6 Å². The molecule has 2 rings (SSSR count). The number of nitrogens with one attached hydrogen (secondary N) is 2. The van der Waals surface area contributed by atoms with Crippen molar-refractivity contribution in [3.8, 4) is 0 Å². The summed E-state index contributed by atoms with van der Waals surface area (Å²) in [6, 6.07) is 0.568. The molecule has 1 aromatic rings. The lowest BCUT2D eigenvalue weighted by molar-refractivity contribution is 0.298. The van der Waals surface area contributed by atoms with Crippen LogP contribution in [0.4, 0.5) is 0 Å². The van der Waals surface area contributed by atoms with Crippen molar-refractivity contribution in [3.63, 3.8) is 0 Å². The summed E-state index contributed by atoms with van der Waals surface area (Å²) in [5, 5.41) is 10.3. The van der Waals surface area contributed by atoms with Crippen molar-refractivity contribution in [2.75, 3.05) is 6.54 Å². The lowest BCUT2D eigenvalue weighted by Gasteiger charge is -2.30. The van der Waals surface area contributed by atoms with E-state index in [1.807, 2.05) is 0 Å². The second kappa shape index (κ2) is 9.13. The maximum atomic E-state index is 4.71. The first kappa shape index (κ1) is 17.3. The van der Waals surface area contributed by atoms with E-state index in [4.69, 9.17) is 4.99 Å². The molecule has 4 nitrogen and oxygen atoms in total. The number of aryl methyl sites for hydroxylation is 1. The van der Waals surface area contributed by atoms with Crippen LogP contribution < -0.4 is 10.6 Å². The minimum atomic E-state index is 0.568. The van der Waals surface area contributed by atoms with Crippen LogP contribution in [0.15, 0.2) is 10.4 Å². The summed E-state index contributed by atoms with van der Waals surface area (Å²) in [4.78, 5) is 9.30. The van der Waals surface area contributed by atoms with Gasteiger partial charge in [-0.3, -0.25) is 0 Å². The van der Waals surface area contributed by atoms with Gasteiger partial charge in [0.15, 0.2) is 5.96 Å². The van der Waals surface area contributed by atoms with Gasteiger partial charge in [0.05, 0.1) is 17.2 Å². The van der Waals surface area contributed by atoms with E-state index < -0.39 is 0 Å². The number of thiazole rings is 1. The number of hydrogen-bond donors (Lipinski definition) is 2. The lowest BCUT2D eigenvalue weighted by Crippen LogP contribution is -2.45. The van der Waals surface area contributed by atoms with Crippen molar-refractivity contribution < 1.29 is 0 Å². The molecule has 0 amide bonds. The quantitative estimate of drug-likeness (QED) is 0.620. The summed E-state index contributed by atoms with van der Waals surface area (Å²) in [5.74, 6) is 1.81. The Kier molecular flexibility index (Phi) is 7.16. The van der Waals surface area contributed by atoms with Crippen LogP contribution in [-0.2, 0) is 13.0 Å². The number of nitrogens with zero attached hydrogens (tertiary/aromatic N) is 2. The molecule has 0 spiro atoms. The second-order valence-corrected chi connectivity index (χ2v) is 7.01. The van der Waals surface area contributed by atoms with Crippen molar-refractivity contribution in [2.45, 2.75) is 71.9 Å². The fraction of sp³-hybridized carbons (Fsp3) is 0.765. The molecule has 1 heterocycles. The Balaban J connectivity index is 1.91. The van der Waals surface area contributed by atoms with Crippen LogP contribution >= 0.6 is 11.3 Å². The summed E-state index contributed by atoms with van der Waals surface area (Å²) in [6.45, 7) is 8.12. The first-order chi connectivity index (χ1) is 10.7. The van der Waals surface area contributed by atoms with E-state index >= 15 is 0 Å². The van der Waals surface area contributed by atoms with Gasteiger partial charge in [-0.05, 0) is 32.1 Å². The van der Waals surface area contributed by atoms with Crippen LogP contribution in [0.3, 0.4) is 0 Å². The topological polar surface area (TPSA) is 49.3 Å². The molecule has 0 bridgehead atoms. The zero-order chi connectivity index (χ0) is 15.8. The van der Waals surface area contributed by atoms with Crippen LogP contribution in [0.25, 0.3) is 0 Å². The summed E-state index contributed by atoms with van der Waals surface area (Å²) < 4.78 is 0. The largest absolute Gasteiger partial charge is 0.357 e. The van der Waals surface area contributed by atoms with Crippen molar-refractivity contribution in [1.82, 2.24) is 15.6 Å². The van der Waals surface area contributed by atoms with Gasteiger partial charge in [-0.1, -0.05) is 33.1 Å². The van der Waals surface area contributed by atoms with Crippen LogP contribution in [-0.4, -0.2) is 23.5 Å². The van der Waals surface area contributed by atoms with Crippen molar-refractivity contribution in [1.29, 1.82) is 0 Å². The highest BCUT2D eigenvalue weighted by atomic mass is 32.1. The maximum Gasteiger partial charge on any atom is 0.191 e. The molecule has 1 aliphatic carbocycles. The lowest BCUT2D eigenvalue weighted by atomic mass is 9.84. The molecule has 0 aromatic carbocycles. The molecular weight excluding hydrogens is 292 g/mol. The van der Waals surface area contributed by atoms with Crippen molar-refractivity contribution in [2.24, 2.45) is 10.9 Å². The fourth-order valence-corrected chi connectivity index (χ4v) is 3.79. The summed E-state index contributed by atoms with van der Waals surface area (Å²) in [5.41, 5.74) is 1.08. The number of hydrogen-bond acceptors (Lipinski definition) is 3. The highest BCUT2D eigenvalue weighted by Crippen LogP contribution is 2.26. The third kappa shape index (κ3) is 5.27. The molecule has 0 radical (unpaired) electrons. The van der Waals surface area contributed by atoms with Gasteiger partial charge in [0.25, 0.3) is 0 Å². The van der Waals surface area contributed by atoms with Crippen LogP contribution in [0.2, 0.25) is 0 Å². The smallest absolute Gasteiger partial charge is 0.191 e. The van der Waals surface area contributed by atoms with E-state index in [-0.39, 0.29) is 0 Å². The van der Waals surface area contributed by atoms with E-state index in [0.29, 0.717) is 12.6 Å². The van der Waals surface area contributed by atoms with Gasteiger partial charge in [0.1, 0.15) is 0 Å². The first-order valence-corrected chi connectivity index (χ1v) is 9.61. The average Bonchev–Trinajstić information content (AvgIpc) is 3.01. The van der Waals surface area contributed by atoms with Gasteiger partial charge in [-0.25, -0.2) is 9.98 Å². The highest BCUT2D eigenvalue weighted by Gasteiger charge is 2.21. The Morgan fingerprint density at radius 3 is 2.91 bits per heavy atom. The van der Waals surface area contributed by atoms with Gasteiger partial charge in [-0.15, -0.1) is 11.3 Å². The Bertz CT molecular complexity index is 469. The molecule has 2 unspecified atom stereocenters. The standard InChI is InChI=1S/C17H30N4S/c1-4-13-8-7-9-14(10-13)21-17(18-6-3)19-11-15-12-22-16(5-2)20-15/h12-14H,4-11H2,1-3H3,(H2,18,19,21). The summed E-state index contributed by atoms with van der Waals surface area (Å²) >= 11 is 1.73. The molecule has 2 N–H and O–H groups in total. The molecule has 0 aliphatic heterocycles. The predicted molar refractivity (Wildman–Crippen MR) is 95.5 cm³/mol. The predicted octanol–water partition coefficient (Wildman–Crippen LogP) is 3.73. The third-order valence-corrected chi connectivity index (χ3v) is 5.39. The van der Waals surface area contributed by atoms with Gasteiger partial charge in [0, 0.05) is 18.0 Å². The van der Waals surface area contributed by atoms with Gasteiger partial charge in [-0.2, -0.15) is 0 Å². The SMILES string of the molecule is CCNC(=NCc1csc(CC)n1)NC1CCCC(CC)C1. The van der Waals surface area contributed by atoms with Gasteiger partial charge >= 0.3 is 0 Å². The maximum absolute atomic E-state index is 4.71. The molecule has 1 aliphatic rings. The Morgan fingerprint density at radius 2 is 2.23 bits per heavy atom. The minimum Gasteiger partial charge on any atom is -0.357 e. The first-order valence-electron chi connectivity index (χ1n) is 8.73. The molecule has 5 heteroatoms. The molecule has 1 fully saturated rings. The molecule has 1 aromatic heterocycles. The molecule has 22 heavy (non-hydrogen) atoms.